The number of fused-ring (bicyclic) bond motifs is 1. The second-order valence-electron chi connectivity index (χ2n) is 5.02. The van der Waals surface area contributed by atoms with Crippen molar-refractivity contribution in [2.24, 2.45) is 0 Å². The summed E-state index contributed by atoms with van der Waals surface area (Å²) < 4.78 is 6.04. The van der Waals surface area contributed by atoms with Crippen LogP contribution < -0.4 is 5.32 Å². The summed E-state index contributed by atoms with van der Waals surface area (Å²) in [4.78, 5) is 12.1. The maximum Gasteiger partial charge on any atom is 0.251 e. The molecule has 2 aromatic carbocycles. The fourth-order valence-electron chi connectivity index (χ4n) is 2.21. The van der Waals surface area contributed by atoms with Crippen molar-refractivity contribution in [1.29, 1.82) is 0 Å². The maximum absolute atomic E-state index is 12.1. The van der Waals surface area contributed by atoms with Gasteiger partial charge in [0.2, 0.25) is 0 Å². The van der Waals surface area contributed by atoms with Gasteiger partial charge >= 0.3 is 0 Å². The maximum atomic E-state index is 12.1. The number of ether oxygens (including phenoxy) is 1. The summed E-state index contributed by atoms with van der Waals surface area (Å²) in [6.45, 7) is 1.50. The van der Waals surface area contributed by atoms with Crippen LogP contribution in [0.2, 0.25) is 0 Å². The van der Waals surface area contributed by atoms with E-state index in [4.69, 9.17) is 4.74 Å². The first-order chi connectivity index (χ1) is 10.2. The van der Waals surface area contributed by atoms with Crippen molar-refractivity contribution in [2.45, 2.75) is 19.3 Å². The molecule has 0 radical (unpaired) electrons. The largest absolute Gasteiger partial charge is 0.385 e. The average molecular weight is 350 g/mol. The van der Waals surface area contributed by atoms with Crippen LogP contribution in [0.4, 0.5) is 0 Å². The number of hydrogen-bond donors (Lipinski definition) is 1. The highest BCUT2D eigenvalue weighted by atomic mass is 79.9. The Morgan fingerprint density at radius 1 is 1.10 bits per heavy atom. The third kappa shape index (κ3) is 4.83. The van der Waals surface area contributed by atoms with Gasteiger partial charge in [0.1, 0.15) is 0 Å². The monoisotopic (exact) mass is 349 g/mol. The molecule has 2 rings (SSSR count). The van der Waals surface area contributed by atoms with E-state index in [2.05, 4.69) is 21.2 Å². The molecule has 0 bridgehead atoms. The number of methoxy groups -OCH3 is 1. The predicted octanol–water partition coefficient (Wildman–Crippen LogP) is 4.15. The molecule has 0 saturated heterocycles. The Kier molecular flexibility index (Phi) is 6.21. The molecular weight excluding hydrogens is 330 g/mol. The Morgan fingerprint density at radius 2 is 1.86 bits per heavy atom. The van der Waals surface area contributed by atoms with Crippen LogP contribution in [0.3, 0.4) is 0 Å². The molecule has 0 atom stereocenters. The fraction of sp³-hybridized carbons (Fsp3) is 0.353. The Labute approximate surface area is 133 Å². The number of halogens is 1. The predicted molar refractivity (Wildman–Crippen MR) is 89.7 cm³/mol. The first-order valence-corrected chi connectivity index (χ1v) is 7.96. The third-order valence-corrected chi connectivity index (χ3v) is 3.87. The summed E-state index contributed by atoms with van der Waals surface area (Å²) >= 11 is 3.45. The summed E-state index contributed by atoms with van der Waals surface area (Å²) in [5, 5.41) is 5.16. The van der Waals surface area contributed by atoms with E-state index >= 15 is 0 Å². The number of nitrogens with one attached hydrogen (secondary N) is 1. The number of hydrogen-bond acceptors (Lipinski definition) is 2. The van der Waals surface area contributed by atoms with E-state index in [0.29, 0.717) is 12.1 Å². The molecule has 0 fully saturated rings. The molecule has 0 heterocycles. The van der Waals surface area contributed by atoms with Gasteiger partial charge < -0.3 is 10.1 Å². The van der Waals surface area contributed by atoms with E-state index in [1.54, 1.807) is 7.11 Å². The van der Waals surface area contributed by atoms with E-state index in [9.17, 15) is 4.79 Å². The van der Waals surface area contributed by atoms with Crippen LogP contribution in [0.1, 0.15) is 29.6 Å². The van der Waals surface area contributed by atoms with E-state index in [0.717, 1.165) is 41.1 Å². The van der Waals surface area contributed by atoms with Crippen LogP contribution in [-0.2, 0) is 4.74 Å². The molecule has 112 valence electrons. The minimum Gasteiger partial charge on any atom is -0.385 e. The molecule has 2 aromatic rings. The van der Waals surface area contributed by atoms with Gasteiger partial charge in [0, 0.05) is 30.3 Å². The van der Waals surface area contributed by atoms with Crippen molar-refractivity contribution in [2.75, 3.05) is 20.3 Å². The number of rotatable bonds is 7. The fourth-order valence-corrected chi connectivity index (χ4v) is 2.59. The lowest BCUT2D eigenvalue weighted by atomic mass is 10.1. The summed E-state index contributed by atoms with van der Waals surface area (Å²) in [5.41, 5.74) is 0.710. The van der Waals surface area contributed by atoms with Crippen LogP contribution in [0.15, 0.2) is 40.9 Å². The van der Waals surface area contributed by atoms with Gasteiger partial charge in [-0.1, -0.05) is 28.1 Å². The lowest BCUT2D eigenvalue weighted by molar-refractivity contribution is 0.0953. The molecule has 0 unspecified atom stereocenters. The van der Waals surface area contributed by atoms with Gasteiger partial charge in [-0.25, -0.2) is 0 Å². The quantitative estimate of drug-likeness (QED) is 0.762. The van der Waals surface area contributed by atoms with E-state index in [1.165, 1.54) is 0 Å². The van der Waals surface area contributed by atoms with Crippen LogP contribution >= 0.6 is 15.9 Å². The molecule has 0 aliphatic carbocycles. The molecule has 0 aliphatic rings. The first kappa shape index (κ1) is 16.0. The van der Waals surface area contributed by atoms with Crippen molar-refractivity contribution >= 4 is 32.6 Å². The highest BCUT2D eigenvalue weighted by molar-refractivity contribution is 9.10. The molecule has 1 N–H and O–H groups in total. The lowest BCUT2D eigenvalue weighted by Gasteiger charge is -2.06. The highest BCUT2D eigenvalue weighted by Gasteiger charge is 2.05. The van der Waals surface area contributed by atoms with E-state index < -0.39 is 0 Å². The summed E-state index contributed by atoms with van der Waals surface area (Å²) in [5.74, 6) is -0.00781. The molecule has 1 amide bonds. The Morgan fingerprint density at radius 3 is 2.67 bits per heavy atom. The standard InChI is InChI=1S/C17H20BrNO2/c1-21-10-4-2-3-9-19-17(20)15-6-5-14-12-16(18)8-7-13(14)11-15/h5-8,11-12H,2-4,9-10H2,1H3,(H,19,20). The van der Waals surface area contributed by atoms with Crippen LogP contribution in [0.25, 0.3) is 10.8 Å². The zero-order valence-corrected chi connectivity index (χ0v) is 13.8. The third-order valence-electron chi connectivity index (χ3n) is 3.38. The SMILES string of the molecule is COCCCCCNC(=O)c1ccc2cc(Br)ccc2c1. The normalized spacial score (nSPS) is 10.8. The van der Waals surface area contributed by atoms with Crippen molar-refractivity contribution < 1.29 is 9.53 Å². The Balaban J connectivity index is 1.89. The van der Waals surface area contributed by atoms with Gasteiger partial charge in [-0.05, 0) is 54.3 Å². The van der Waals surface area contributed by atoms with Crippen molar-refractivity contribution in [1.82, 2.24) is 5.32 Å². The van der Waals surface area contributed by atoms with Crippen molar-refractivity contribution in [3.63, 3.8) is 0 Å². The number of carbonyl (C=O) groups excluding carboxylic acids is 1. The molecule has 0 aromatic heterocycles. The highest BCUT2D eigenvalue weighted by Crippen LogP contribution is 2.20. The zero-order chi connectivity index (χ0) is 15.1. The Bertz CT molecular complexity index is 613. The molecule has 0 spiro atoms. The molecule has 3 nitrogen and oxygen atoms in total. The first-order valence-electron chi connectivity index (χ1n) is 7.17. The topological polar surface area (TPSA) is 38.3 Å². The van der Waals surface area contributed by atoms with Gasteiger partial charge in [0.05, 0.1) is 0 Å². The number of amides is 1. The molecule has 0 aliphatic heterocycles. The molecule has 4 heteroatoms. The van der Waals surface area contributed by atoms with Crippen LogP contribution in [-0.4, -0.2) is 26.2 Å². The average Bonchev–Trinajstić information content (AvgIpc) is 2.50. The summed E-state index contributed by atoms with van der Waals surface area (Å²) in [6.07, 6.45) is 3.09. The number of carbonyl (C=O) groups is 1. The Hall–Kier alpha value is -1.39. The molecule has 21 heavy (non-hydrogen) atoms. The van der Waals surface area contributed by atoms with Crippen molar-refractivity contribution in [3.05, 3.63) is 46.4 Å². The van der Waals surface area contributed by atoms with Gasteiger partial charge in [0.15, 0.2) is 0 Å². The minimum atomic E-state index is -0.00781. The van der Waals surface area contributed by atoms with Gasteiger partial charge in [-0.3, -0.25) is 4.79 Å². The van der Waals surface area contributed by atoms with E-state index in [-0.39, 0.29) is 5.91 Å². The van der Waals surface area contributed by atoms with Gasteiger partial charge in [0.25, 0.3) is 5.91 Å². The van der Waals surface area contributed by atoms with E-state index in [1.807, 2.05) is 36.4 Å². The second-order valence-corrected chi connectivity index (χ2v) is 5.93. The van der Waals surface area contributed by atoms with Crippen LogP contribution in [0.5, 0.6) is 0 Å². The number of benzene rings is 2. The zero-order valence-electron chi connectivity index (χ0n) is 12.2. The molecule has 0 saturated carbocycles. The minimum absolute atomic E-state index is 0.00781. The summed E-state index contributed by atoms with van der Waals surface area (Å²) in [7, 11) is 1.71. The number of unbranched alkanes of at least 4 members (excludes halogenated alkanes) is 2. The second kappa shape index (κ2) is 8.15. The van der Waals surface area contributed by atoms with Crippen LogP contribution in [0, 0.1) is 0 Å². The molecular formula is C17H20BrNO2. The van der Waals surface area contributed by atoms with Crippen molar-refractivity contribution in [3.8, 4) is 0 Å². The van der Waals surface area contributed by atoms with Gasteiger partial charge in [-0.2, -0.15) is 0 Å². The smallest absolute Gasteiger partial charge is 0.251 e. The lowest BCUT2D eigenvalue weighted by Crippen LogP contribution is -2.24. The summed E-state index contributed by atoms with van der Waals surface area (Å²) in [6, 6.07) is 11.8. The van der Waals surface area contributed by atoms with Gasteiger partial charge in [-0.15, -0.1) is 0 Å².